The number of halogens is 2. The number of aromatic nitrogens is 4. The minimum atomic E-state index is -0.646. The summed E-state index contributed by atoms with van der Waals surface area (Å²) < 4.78 is 29.9. The number of nitrogens with one attached hydrogen (secondary N) is 2. The molecule has 2 N–H and O–H groups in total. The maximum Gasteiger partial charge on any atom is 0.259 e. The summed E-state index contributed by atoms with van der Waals surface area (Å²) in [4.78, 5) is 30.0. The fourth-order valence-corrected chi connectivity index (χ4v) is 4.43. The number of amides is 2. The minimum Gasteiger partial charge on any atom is -0.349 e. The first-order valence-electron chi connectivity index (χ1n) is 12.3. The van der Waals surface area contributed by atoms with Crippen LogP contribution in [-0.4, -0.2) is 37.6 Å². The van der Waals surface area contributed by atoms with Crippen LogP contribution < -0.4 is 10.6 Å². The number of hydrogen-bond donors (Lipinski definition) is 2. The van der Waals surface area contributed by atoms with Gasteiger partial charge < -0.3 is 15.2 Å². The number of hydrogen-bond acceptors (Lipinski definition) is 5. The van der Waals surface area contributed by atoms with Gasteiger partial charge in [-0.1, -0.05) is 6.07 Å². The summed E-state index contributed by atoms with van der Waals surface area (Å²) in [5.41, 5.74) is 2.24. The normalized spacial score (nSPS) is 16.4. The van der Waals surface area contributed by atoms with Crippen LogP contribution in [0.2, 0.25) is 0 Å². The average molecular weight is 517 g/mol. The molecule has 0 radical (unpaired) electrons. The van der Waals surface area contributed by atoms with Gasteiger partial charge in [-0.2, -0.15) is 0 Å². The smallest absolute Gasteiger partial charge is 0.259 e. The highest BCUT2D eigenvalue weighted by Crippen LogP contribution is 2.43. The molecule has 5 rings (SSSR count). The third kappa shape index (κ3) is 5.15. The predicted octanol–water partition coefficient (Wildman–Crippen LogP) is 5.05. The summed E-state index contributed by atoms with van der Waals surface area (Å²) in [5.74, 6) is -1.26. The molecule has 0 aliphatic heterocycles. The topological polar surface area (TPSA) is 102 Å². The first kappa shape index (κ1) is 25.2. The van der Waals surface area contributed by atoms with Gasteiger partial charge in [0.05, 0.1) is 5.56 Å². The second-order valence-corrected chi connectivity index (χ2v) is 9.64. The number of rotatable bonds is 7. The van der Waals surface area contributed by atoms with Crippen LogP contribution in [-0.2, 0) is 0 Å². The zero-order valence-electron chi connectivity index (χ0n) is 21.1. The van der Waals surface area contributed by atoms with Crippen molar-refractivity contribution in [3.05, 3.63) is 94.8 Å². The van der Waals surface area contributed by atoms with Crippen LogP contribution in [0.25, 0.3) is 11.5 Å². The molecule has 1 fully saturated rings. The molecule has 0 saturated heterocycles. The minimum absolute atomic E-state index is 0.0598. The van der Waals surface area contributed by atoms with Crippen molar-refractivity contribution in [2.45, 2.75) is 45.2 Å². The summed E-state index contributed by atoms with van der Waals surface area (Å²) in [6.45, 7) is 5.76. The molecule has 0 bridgehead atoms. The Morgan fingerprint density at radius 1 is 1.05 bits per heavy atom. The van der Waals surface area contributed by atoms with Crippen LogP contribution in [0.5, 0.6) is 0 Å². The number of carbonyl (C=O) groups is 2. The standard InChI is InChI=1S/C28H26F2N6O2/c1-15(2)36-14-31-35-26(36)23-5-4-6-25(32-23)34-28(38)21-12-19(16(3)11-22(21)30)20-13-24(20)33-27(37)17-7-9-18(29)10-8-17/h4-12,14-15,20,24H,13H2,1-3H3,(H,33,37)(H,32,34,38). The molecule has 2 unspecified atom stereocenters. The monoisotopic (exact) mass is 516 g/mol. The second kappa shape index (κ2) is 10.1. The van der Waals surface area contributed by atoms with Crippen molar-refractivity contribution in [3.63, 3.8) is 0 Å². The van der Waals surface area contributed by atoms with Crippen LogP contribution >= 0.6 is 0 Å². The molecular formula is C28H26F2N6O2. The maximum absolute atomic E-state index is 14.9. The van der Waals surface area contributed by atoms with E-state index in [-0.39, 0.29) is 35.3 Å². The number of benzene rings is 2. The summed E-state index contributed by atoms with van der Waals surface area (Å²) in [5, 5.41) is 13.7. The van der Waals surface area contributed by atoms with E-state index in [0.29, 0.717) is 29.1 Å². The molecule has 2 aromatic carbocycles. The SMILES string of the molecule is Cc1cc(F)c(C(=O)Nc2cccc(-c3nncn3C(C)C)n2)cc1C1CC1NC(=O)c1ccc(F)cc1. The van der Waals surface area contributed by atoms with Gasteiger partial charge in [-0.25, -0.2) is 13.8 Å². The van der Waals surface area contributed by atoms with Crippen molar-refractivity contribution >= 4 is 17.6 Å². The molecule has 10 heteroatoms. The highest BCUT2D eigenvalue weighted by Gasteiger charge is 2.41. The molecule has 2 heterocycles. The summed E-state index contributed by atoms with van der Waals surface area (Å²) >= 11 is 0. The Hall–Kier alpha value is -4.47. The van der Waals surface area contributed by atoms with Crippen molar-refractivity contribution < 1.29 is 18.4 Å². The third-order valence-electron chi connectivity index (χ3n) is 6.56. The van der Waals surface area contributed by atoms with E-state index in [2.05, 4.69) is 25.8 Å². The van der Waals surface area contributed by atoms with Gasteiger partial charge in [0.25, 0.3) is 11.8 Å². The molecular weight excluding hydrogens is 490 g/mol. The van der Waals surface area contributed by atoms with E-state index in [9.17, 15) is 18.4 Å². The lowest BCUT2D eigenvalue weighted by atomic mass is 9.99. The zero-order chi connectivity index (χ0) is 27.0. The molecule has 0 spiro atoms. The fourth-order valence-electron chi connectivity index (χ4n) is 4.43. The van der Waals surface area contributed by atoms with Gasteiger partial charge in [0.1, 0.15) is 29.5 Å². The van der Waals surface area contributed by atoms with Crippen molar-refractivity contribution in [2.75, 3.05) is 5.32 Å². The first-order chi connectivity index (χ1) is 18.2. The molecule has 194 valence electrons. The Labute approximate surface area is 218 Å². The van der Waals surface area contributed by atoms with Crippen molar-refractivity contribution in [2.24, 2.45) is 0 Å². The van der Waals surface area contributed by atoms with Gasteiger partial charge in [-0.3, -0.25) is 9.59 Å². The molecule has 38 heavy (non-hydrogen) atoms. The summed E-state index contributed by atoms with van der Waals surface area (Å²) in [7, 11) is 0. The van der Waals surface area contributed by atoms with Crippen LogP contribution in [0, 0.1) is 18.6 Å². The zero-order valence-corrected chi connectivity index (χ0v) is 21.1. The maximum atomic E-state index is 14.9. The lowest BCUT2D eigenvalue weighted by Crippen LogP contribution is -2.26. The van der Waals surface area contributed by atoms with E-state index in [1.165, 1.54) is 36.4 Å². The van der Waals surface area contributed by atoms with E-state index in [4.69, 9.17) is 0 Å². The van der Waals surface area contributed by atoms with Gasteiger partial charge in [-0.15, -0.1) is 10.2 Å². The molecule has 1 aliphatic rings. The summed E-state index contributed by atoms with van der Waals surface area (Å²) in [6, 6.07) is 13.2. The van der Waals surface area contributed by atoms with Gasteiger partial charge in [0.15, 0.2) is 5.82 Å². The van der Waals surface area contributed by atoms with Gasteiger partial charge in [-0.05, 0) is 86.8 Å². The predicted molar refractivity (Wildman–Crippen MR) is 138 cm³/mol. The average Bonchev–Trinajstić information content (AvgIpc) is 3.44. The van der Waals surface area contributed by atoms with E-state index in [1.807, 2.05) is 18.4 Å². The highest BCUT2D eigenvalue weighted by molar-refractivity contribution is 6.04. The first-order valence-corrected chi connectivity index (χ1v) is 12.3. The Kier molecular flexibility index (Phi) is 6.71. The Balaban J connectivity index is 1.31. The number of anilines is 1. The highest BCUT2D eigenvalue weighted by atomic mass is 19.1. The van der Waals surface area contributed by atoms with Crippen molar-refractivity contribution in [1.29, 1.82) is 0 Å². The molecule has 4 aromatic rings. The number of pyridine rings is 1. The molecule has 2 aromatic heterocycles. The molecule has 2 atom stereocenters. The molecule has 1 saturated carbocycles. The number of nitrogens with zero attached hydrogens (tertiary/aromatic N) is 4. The van der Waals surface area contributed by atoms with E-state index >= 15 is 0 Å². The molecule has 2 amide bonds. The van der Waals surface area contributed by atoms with E-state index < -0.39 is 17.5 Å². The van der Waals surface area contributed by atoms with Crippen LogP contribution in [0.1, 0.15) is 64.1 Å². The lowest BCUT2D eigenvalue weighted by molar-refractivity contribution is 0.0949. The lowest BCUT2D eigenvalue weighted by Gasteiger charge is -2.12. The van der Waals surface area contributed by atoms with Gasteiger partial charge >= 0.3 is 0 Å². The fraction of sp³-hybridized carbons (Fsp3) is 0.250. The largest absolute Gasteiger partial charge is 0.349 e. The van der Waals surface area contributed by atoms with E-state index in [0.717, 1.165) is 5.56 Å². The van der Waals surface area contributed by atoms with Crippen LogP contribution in [0.3, 0.4) is 0 Å². The Morgan fingerprint density at radius 3 is 2.55 bits per heavy atom. The number of aryl methyl sites for hydroxylation is 1. The van der Waals surface area contributed by atoms with Crippen LogP contribution in [0.15, 0.2) is 60.9 Å². The molecule has 8 nitrogen and oxygen atoms in total. The quantitative estimate of drug-likeness (QED) is 0.358. The second-order valence-electron chi connectivity index (χ2n) is 9.64. The van der Waals surface area contributed by atoms with Gasteiger partial charge in [0, 0.05) is 23.6 Å². The van der Waals surface area contributed by atoms with Crippen molar-refractivity contribution in [1.82, 2.24) is 25.1 Å². The van der Waals surface area contributed by atoms with E-state index in [1.54, 1.807) is 31.5 Å². The number of carbonyl (C=O) groups excluding carboxylic acids is 2. The third-order valence-corrected chi connectivity index (χ3v) is 6.56. The van der Waals surface area contributed by atoms with Crippen molar-refractivity contribution in [3.8, 4) is 11.5 Å². The summed E-state index contributed by atoms with van der Waals surface area (Å²) in [6.07, 6.45) is 2.27. The Morgan fingerprint density at radius 2 is 1.82 bits per heavy atom. The molecule has 1 aliphatic carbocycles. The van der Waals surface area contributed by atoms with Crippen LogP contribution in [0.4, 0.5) is 14.6 Å². The van der Waals surface area contributed by atoms with Gasteiger partial charge in [0.2, 0.25) is 0 Å². The Bertz CT molecular complexity index is 1520.